The summed E-state index contributed by atoms with van der Waals surface area (Å²) in [6.07, 6.45) is 5.84. The summed E-state index contributed by atoms with van der Waals surface area (Å²) >= 11 is 0. The Morgan fingerprint density at radius 1 is 0.978 bits per heavy atom. The molecule has 8 nitrogen and oxygen atoms in total. The predicted octanol–water partition coefficient (Wildman–Crippen LogP) is 5.21. The molecule has 0 saturated carbocycles. The normalized spacial score (nSPS) is 28.2. The third-order valence-electron chi connectivity index (χ3n) is 10.3. The third kappa shape index (κ3) is 5.32. The van der Waals surface area contributed by atoms with E-state index < -0.39 is 29.1 Å². The summed E-state index contributed by atoms with van der Waals surface area (Å²) in [6.45, 7) is 16.8. The summed E-state index contributed by atoms with van der Waals surface area (Å²) in [4.78, 5) is 49.5. The molecule has 1 N–H and O–H groups in total. The van der Waals surface area contributed by atoms with Crippen LogP contribution in [0.4, 0.5) is 11.4 Å². The standard InChI is InChI=1S/C37H47N3O5/c1-7-20-38(28-18-11-9-12-19-28)33(42)29-30-34(43)40(22-13-10-14-23-41)32(37(30)24-27(5)36(29,6)45-37)35(44)39(21-8-2)31-25(3)16-15-17-26(31)4/h7-9,11-12,15-19,27,29-30,32,41H,1-2,10,13-14,20-24H2,3-6H3/t27?,29-,30+,32?,36+,37?/m1/s1. The summed E-state index contributed by atoms with van der Waals surface area (Å²) in [5.41, 5.74) is 1.33. The largest absolute Gasteiger partial charge is 0.396 e. The number of fused-ring (bicyclic) bond motifs is 1. The molecule has 2 aromatic carbocycles. The number of benzene rings is 2. The van der Waals surface area contributed by atoms with E-state index in [1.165, 1.54) is 0 Å². The van der Waals surface area contributed by atoms with E-state index in [0.29, 0.717) is 32.2 Å². The molecule has 0 aliphatic carbocycles. The zero-order chi connectivity index (χ0) is 32.5. The van der Waals surface area contributed by atoms with Crippen LogP contribution in [0.1, 0.15) is 50.7 Å². The smallest absolute Gasteiger partial charge is 0.253 e. The van der Waals surface area contributed by atoms with Gasteiger partial charge in [0.2, 0.25) is 11.8 Å². The number of aliphatic hydroxyl groups excluding tert-OH is 1. The fourth-order valence-corrected chi connectivity index (χ4v) is 8.23. The number of likely N-dealkylation sites (tertiary alicyclic amines) is 1. The molecule has 3 aliphatic rings. The Labute approximate surface area is 267 Å². The van der Waals surface area contributed by atoms with Crippen LogP contribution in [0.5, 0.6) is 0 Å². The molecule has 6 atom stereocenters. The number of unbranched alkanes of at least 4 members (excludes halogenated alkanes) is 2. The van der Waals surface area contributed by atoms with E-state index in [1.54, 1.807) is 26.9 Å². The van der Waals surface area contributed by atoms with Crippen molar-refractivity contribution in [2.24, 2.45) is 17.8 Å². The highest BCUT2D eigenvalue weighted by Crippen LogP contribution is 2.65. The molecule has 8 heteroatoms. The topological polar surface area (TPSA) is 90.4 Å². The Balaban J connectivity index is 1.62. The first-order valence-corrected chi connectivity index (χ1v) is 16.1. The lowest BCUT2D eigenvalue weighted by atomic mass is 9.62. The van der Waals surface area contributed by atoms with Crippen LogP contribution in [-0.2, 0) is 19.1 Å². The van der Waals surface area contributed by atoms with Crippen molar-refractivity contribution in [2.45, 2.75) is 70.6 Å². The van der Waals surface area contributed by atoms with Gasteiger partial charge < -0.3 is 24.5 Å². The highest BCUT2D eigenvalue weighted by atomic mass is 16.5. The minimum atomic E-state index is -1.16. The van der Waals surface area contributed by atoms with Gasteiger partial charge in [-0.1, -0.05) is 55.5 Å². The maximum atomic E-state index is 15.0. The molecule has 0 aromatic heterocycles. The van der Waals surface area contributed by atoms with E-state index >= 15 is 4.79 Å². The zero-order valence-corrected chi connectivity index (χ0v) is 27.1. The molecule has 3 aliphatic heterocycles. The van der Waals surface area contributed by atoms with Crippen LogP contribution in [0.25, 0.3) is 0 Å². The van der Waals surface area contributed by atoms with Crippen LogP contribution in [0.3, 0.4) is 0 Å². The molecule has 3 saturated heterocycles. The van der Waals surface area contributed by atoms with Gasteiger partial charge in [0.25, 0.3) is 5.91 Å². The van der Waals surface area contributed by atoms with Crippen LogP contribution in [0.2, 0.25) is 0 Å². The van der Waals surface area contributed by atoms with Gasteiger partial charge in [-0.25, -0.2) is 0 Å². The van der Waals surface area contributed by atoms with Gasteiger partial charge in [-0.3, -0.25) is 14.4 Å². The predicted molar refractivity (Wildman–Crippen MR) is 177 cm³/mol. The van der Waals surface area contributed by atoms with Gasteiger partial charge in [0.05, 0.1) is 17.4 Å². The molecule has 5 rings (SSSR count). The Bertz CT molecular complexity index is 1440. The van der Waals surface area contributed by atoms with Crippen molar-refractivity contribution in [1.29, 1.82) is 0 Å². The number of nitrogens with zero attached hydrogens (tertiary/aromatic N) is 3. The fraction of sp³-hybridized carbons (Fsp3) is 0.486. The van der Waals surface area contributed by atoms with Gasteiger partial charge in [0.15, 0.2) is 0 Å². The van der Waals surface area contributed by atoms with Gasteiger partial charge in [-0.15, -0.1) is 13.2 Å². The van der Waals surface area contributed by atoms with E-state index in [9.17, 15) is 14.7 Å². The van der Waals surface area contributed by atoms with Crippen LogP contribution in [0, 0.1) is 31.6 Å². The maximum absolute atomic E-state index is 15.0. The first-order valence-electron chi connectivity index (χ1n) is 16.1. The Kier molecular flexibility index (Phi) is 9.38. The Morgan fingerprint density at radius 3 is 2.24 bits per heavy atom. The van der Waals surface area contributed by atoms with Crippen molar-refractivity contribution >= 4 is 29.1 Å². The van der Waals surface area contributed by atoms with Gasteiger partial charge in [-0.05, 0) is 75.6 Å². The number of carbonyl (C=O) groups is 3. The van der Waals surface area contributed by atoms with Gasteiger partial charge >= 0.3 is 0 Å². The molecule has 0 radical (unpaired) electrons. The van der Waals surface area contributed by atoms with Crippen LogP contribution < -0.4 is 9.80 Å². The zero-order valence-electron chi connectivity index (χ0n) is 27.1. The minimum absolute atomic E-state index is 0.0662. The molecule has 3 heterocycles. The van der Waals surface area contributed by atoms with Crippen molar-refractivity contribution in [3.05, 3.63) is 85.0 Å². The van der Waals surface area contributed by atoms with E-state index in [4.69, 9.17) is 4.74 Å². The number of aliphatic hydroxyl groups is 1. The lowest BCUT2D eigenvalue weighted by Gasteiger charge is -2.39. The second kappa shape index (κ2) is 12.9. The van der Waals surface area contributed by atoms with Crippen molar-refractivity contribution in [2.75, 3.05) is 36.0 Å². The van der Waals surface area contributed by atoms with Crippen molar-refractivity contribution < 1.29 is 24.2 Å². The number of amides is 3. The molecule has 45 heavy (non-hydrogen) atoms. The number of rotatable bonds is 13. The number of anilines is 2. The molecule has 2 bridgehead atoms. The average Bonchev–Trinajstić information content (AvgIpc) is 3.53. The Hall–Kier alpha value is -3.75. The van der Waals surface area contributed by atoms with Crippen LogP contribution in [-0.4, -0.2) is 71.2 Å². The summed E-state index contributed by atoms with van der Waals surface area (Å²) < 4.78 is 7.02. The number of para-hydroxylation sites is 2. The summed E-state index contributed by atoms with van der Waals surface area (Å²) in [7, 11) is 0. The number of hydrogen-bond donors (Lipinski definition) is 1. The van der Waals surface area contributed by atoms with E-state index in [2.05, 4.69) is 20.1 Å². The Morgan fingerprint density at radius 2 is 1.62 bits per heavy atom. The molecular weight excluding hydrogens is 566 g/mol. The third-order valence-corrected chi connectivity index (χ3v) is 10.3. The molecule has 3 unspecified atom stereocenters. The summed E-state index contributed by atoms with van der Waals surface area (Å²) in [6, 6.07) is 14.4. The fourth-order valence-electron chi connectivity index (χ4n) is 8.23. The van der Waals surface area contributed by atoms with Crippen LogP contribution in [0.15, 0.2) is 73.8 Å². The highest BCUT2D eigenvalue weighted by Gasteiger charge is 2.80. The molecule has 240 valence electrons. The van der Waals surface area contributed by atoms with E-state index in [1.807, 2.05) is 69.3 Å². The van der Waals surface area contributed by atoms with Crippen molar-refractivity contribution in [3.63, 3.8) is 0 Å². The first kappa shape index (κ1) is 32.6. The van der Waals surface area contributed by atoms with Gasteiger partial charge in [0, 0.05) is 37.6 Å². The van der Waals surface area contributed by atoms with Gasteiger partial charge in [0.1, 0.15) is 11.6 Å². The molecule has 3 fully saturated rings. The lowest BCUT2D eigenvalue weighted by Crippen LogP contribution is -2.57. The monoisotopic (exact) mass is 613 g/mol. The first-order chi connectivity index (χ1) is 21.6. The number of carbonyl (C=O) groups excluding carboxylic acids is 3. The maximum Gasteiger partial charge on any atom is 0.253 e. The second-order valence-corrected chi connectivity index (χ2v) is 13.1. The van der Waals surface area contributed by atoms with Gasteiger partial charge in [-0.2, -0.15) is 0 Å². The van der Waals surface area contributed by atoms with Crippen molar-refractivity contribution in [3.8, 4) is 0 Å². The van der Waals surface area contributed by atoms with E-state index in [-0.39, 0.29) is 43.3 Å². The number of aryl methyl sites for hydroxylation is 2. The second-order valence-electron chi connectivity index (χ2n) is 13.1. The summed E-state index contributed by atoms with van der Waals surface area (Å²) in [5.74, 6) is -2.29. The summed E-state index contributed by atoms with van der Waals surface area (Å²) in [5, 5.41) is 9.40. The SMILES string of the molecule is C=CCN(C(=O)[C@H]1[C@H]2C(=O)N(CCCCCO)C(C(=O)N(CC=C)c3c(C)cccc3C)C23CC(C)[C@]1(C)O3)c1ccccc1. The van der Waals surface area contributed by atoms with Crippen LogP contribution >= 0.6 is 0 Å². The number of hydrogen-bond acceptors (Lipinski definition) is 5. The molecular formula is C37H47N3O5. The highest BCUT2D eigenvalue weighted by molar-refractivity contribution is 6.07. The minimum Gasteiger partial charge on any atom is -0.396 e. The number of ether oxygens (including phenoxy) is 1. The molecule has 3 amide bonds. The molecule has 2 aromatic rings. The van der Waals surface area contributed by atoms with E-state index in [0.717, 1.165) is 22.5 Å². The van der Waals surface area contributed by atoms with Crippen molar-refractivity contribution in [1.82, 2.24) is 4.90 Å². The quantitative estimate of drug-likeness (QED) is 0.247. The molecule has 1 spiro atoms. The lowest BCUT2D eigenvalue weighted by molar-refractivity contribution is -0.145. The average molecular weight is 614 g/mol.